The van der Waals surface area contributed by atoms with Crippen molar-refractivity contribution >= 4 is 44.1 Å². The fourth-order valence-corrected chi connectivity index (χ4v) is 5.11. The van der Waals surface area contributed by atoms with Crippen molar-refractivity contribution in [2.75, 3.05) is 32.3 Å². The lowest BCUT2D eigenvalue weighted by molar-refractivity contribution is 0.0962. The van der Waals surface area contributed by atoms with E-state index < -0.39 is 21.8 Å². The highest BCUT2D eigenvalue weighted by molar-refractivity contribution is 7.90. The summed E-state index contributed by atoms with van der Waals surface area (Å²) in [5, 5.41) is 5.65. The lowest BCUT2D eigenvalue weighted by atomic mass is 10.0. The molecule has 11 heteroatoms. The van der Waals surface area contributed by atoms with Crippen LogP contribution in [-0.4, -0.2) is 58.2 Å². The van der Waals surface area contributed by atoms with Gasteiger partial charge in [0.15, 0.2) is 9.84 Å². The van der Waals surface area contributed by atoms with Crippen molar-refractivity contribution in [2.45, 2.75) is 17.9 Å². The van der Waals surface area contributed by atoms with E-state index in [2.05, 4.69) is 10.6 Å². The van der Waals surface area contributed by atoms with Crippen LogP contribution in [0.1, 0.15) is 31.2 Å². The maximum atomic E-state index is 12.8. The molecule has 0 unspecified atom stereocenters. The minimum atomic E-state index is -3.47. The van der Waals surface area contributed by atoms with Gasteiger partial charge in [0.25, 0.3) is 11.8 Å². The van der Waals surface area contributed by atoms with E-state index in [0.717, 1.165) is 16.7 Å². The number of thiophene rings is 1. The van der Waals surface area contributed by atoms with Crippen LogP contribution < -0.4 is 10.6 Å². The van der Waals surface area contributed by atoms with Gasteiger partial charge in [-0.25, -0.2) is 13.2 Å². The summed E-state index contributed by atoms with van der Waals surface area (Å²) in [6, 6.07) is 5.68. The monoisotopic (exact) mass is 451 g/mol. The third-order valence-electron chi connectivity index (χ3n) is 4.70. The van der Waals surface area contributed by atoms with Crippen LogP contribution >= 0.6 is 11.3 Å². The number of carbonyl (C=O) groups is 3. The van der Waals surface area contributed by atoms with E-state index >= 15 is 0 Å². The van der Waals surface area contributed by atoms with E-state index in [-0.39, 0.29) is 22.9 Å². The molecule has 3 amide bonds. The molecule has 1 aromatic heterocycles. The summed E-state index contributed by atoms with van der Waals surface area (Å²) < 4.78 is 28.3. The second-order valence-corrected chi connectivity index (χ2v) is 9.80. The van der Waals surface area contributed by atoms with Gasteiger partial charge < -0.3 is 20.3 Å². The van der Waals surface area contributed by atoms with Gasteiger partial charge in [-0.1, -0.05) is 6.07 Å². The van der Waals surface area contributed by atoms with Crippen LogP contribution in [0.3, 0.4) is 0 Å². The molecule has 0 saturated heterocycles. The molecular formula is C19H21N3O6S2. The second-order valence-electron chi connectivity index (χ2n) is 6.68. The smallest absolute Gasteiger partial charge is 0.409 e. The van der Waals surface area contributed by atoms with Crippen molar-refractivity contribution in [3.63, 3.8) is 0 Å². The van der Waals surface area contributed by atoms with E-state index in [1.54, 1.807) is 0 Å². The molecule has 2 aromatic rings. The molecule has 1 aliphatic rings. The Morgan fingerprint density at radius 1 is 1.20 bits per heavy atom. The molecular weight excluding hydrogens is 430 g/mol. The van der Waals surface area contributed by atoms with E-state index in [1.807, 2.05) is 0 Å². The van der Waals surface area contributed by atoms with Crippen molar-refractivity contribution in [3.8, 4) is 0 Å². The molecule has 0 radical (unpaired) electrons. The topological polar surface area (TPSA) is 122 Å². The number of ether oxygens (including phenoxy) is 1. The molecule has 160 valence electrons. The van der Waals surface area contributed by atoms with Gasteiger partial charge in [0, 0.05) is 30.3 Å². The van der Waals surface area contributed by atoms with Crippen LogP contribution in [0.25, 0.3) is 0 Å². The standard InChI is InChI=1S/C19H21N3O6S2/c1-20-17(24)15-13-7-8-22(19(25)28-2)10-14(13)29-18(15)21-16(23)11-5-4-6-12(9-11)30(3,26)27/h4-6,9H,7-8,10H2,1-3H3,(H,20,24)(H,21,23). The van der Waals surface area contributed by atoms with Crippen LogP contribution in [-0.2, 0) is 27.5 Å². The highest BCUT2D eigenvalue weighted by atomic mass is 32.2. The average molecular weight is 452 g/mol. The molecule has 2 N–H and O–H groups in total. The lowest BCUT2D eigenvalue weighted by Gasteiger charge is -2.25. The number of methoxy groups -OCH3 is 1. The summed E-state index contributed by atoms with van der Waals surface area (Å²) in [5.41, 5.74) is 1.29. The van der Waals surface area contributed by atoms with Gasteiger partial charge in [-0.05, 0) is 30.2 Å². The van der Waals surface area contributed by atoms with Crippen molar-refractivity contribution in [1.82, 2.24) is 10.2 Å². The van der Waals surface area contributed by atoms with Crippen LogP contribution in [0.4, 0.5) is 9.80 Å². The maximum absolute atomic E-state index is 12.8. The van der Waals surface area contributed by atoms with Gasteiger partial charge in [0.1, 0.15) is 5.00 Å². The summed E-state index contributed by atoms with van der Waals surface area (Å²) in [5.74, 6) is -0.881. The number of anilines is 1. The van der Waals surface area contributed by atoms with Gasteiger partial charge in [0.2, 0.25) is 0 Å². The summed E-state index contributed by atoms with van der Waals surface area (Å²) >= 11 is 1.21. The number of nitrogens with zero attached hydrogens (tertiary/aromatic N) is 1. The molecule has 0 saturated carbocycles. The summed E-state index contributed by atoms with van der Waals surface area (Å²) in [6.07, 6.45) is 1.05. The normalized spacial score (nSPS) is 13.4. The van der Waals surface area contributed by atoms with Crippen molar-refractivity contribution < 1.29 is 27.5 Å². The van der Waals surface area contributed by atoms with E-state index in [4.69, 9.17) is 4.74 Å². The summed E-state index contributed by atoms with van der Waals surface area (Å²) in [4.78, 5) is 39.5. The lowest BCUT2D eigenvalue weighted by Crippen LogP contribution is -2.35. The average Bonchev–Trinajstić information content (AvgIpc) is 3.08. The van der Waals surface area contributed by atoms with Crippen molar-refractivity contribution in [3.05, 3.63) is 45.8 Å². The zero-order valence-electron chi connectivity index (χ0n) is 16.6. The highest BCUT2D eigenvalue weighted by Crippen LogP contribution is 2.37. The van der Waals surface area contributed by atoms with Gasteiger partial charge in [0.05, 0.1) is 24.1 Å². The predicted molar refractivity (Wildman–Crippen MR) is 112 cm³/mol. The number of sulfone groups is 1. The van der Waals surface area contributed by atoms with Crippen molar-refractivity contribution in [1.29, 1.82) is 0 Å². The number of rotatable bonds is 4. The van der Waals surface area contributed by atoms with Gasteiger partial charge in [-0.3, -0.25) is 9.59 Å². The molecule has 1 aromatic carbocycles. The minimum absolute atomic E-state index is 0.0286. The van der Waals surface area contributed by atoms with Gasteiger partial charge in [-0.2, -0.15) is 0 Å². The zero-order chi connectivity index (χ0) is 22.1. The van der Waals surface area contributed by atoms with Gasteiger partial charge >= 0.3 is 6.09 Å². The van der Waals surface area contributed by atoms with Crippen LogP contribution in [0.5, 0.6) is 0 Å². The first-order chi connectivity index (χ1) is 14.2. The Morgan fingerprint density at radius 3 is 2.57 bits per heavy atom. The third-order valence-corrected chi connectivity index (χ3v) is 6.94. The summed E-state index contributed by atoms with van der Waals surface area (Å²) in [7, 11) is -0.666. The number of hydrogen-bond donors (Lipinski definition) is 2. The first-order valence-corrected chi connectivity index (χ1v) is 11.7. The third kappa shape index (κ3) is 4.31. The fourth-order valence-electron chi connectivity index (χ4n) is 3.18. The first-order valence-electron chi connectivity index (χ1n) is 8.96. The molecule has 2 heterocycles. The number of amides is 3. The Morgan fingerprint density at radius 2 is 1.93 bits per heavy atom. The van der Waals surface area contributed by atoms with Gasteiger partial charge in [-0.15, -0.1) is 11.3 Å². The molecule has 9 nitrogen and oxygen atoms in total. The molecule has 0 aliphatic carbocycles. The van der Waals surface area contributed by atoms with E-state index in [9.17, 15) is 22.8 Å². The number of benzene rings is 1. The quantitative estimate of drug-likeness (QED) is 0.732. The van der Waals surface area contributed by atoms with E-state index in [1.165, 1.54) is 54.7 Å². The molecule has 30 heavy (non-hydrogen) atoms. The Bertz CT molecular complexity index is 1120. The molecule has 3 rings (SSSR count). The van der Waals surface area contributed by atoms with Crippen LogP contribution in [0.15, 0.2) is 29.2 Å². The first kappa shape index (κ1) is 21.8. The predicted octanol–water partition coefficient (Wildman–Crippen LogP) is 1.89. The zero-order valence-corrected chi connectivity index (χ0v) is 18.3. The number of hydrogen-bond acceptors (Lipinski definition) is 7. The van der Waals surface area contributed by atoms with Crippen molar-refractivity contribution in [2.24, 2.45) is 0 Å². The molecule has 1 aliphatic heterocycles. The Hall–Kier alpha value is -2.92. The van der Waals surface area contributed by atoms with Crippen LogP contribution in [0, 0.1) is 0 Å². The van der Waals surface area contributed by atoms with Crippen LogP contribution in [0.2, 0.25) is 0 Å². The maximum Gasteiger partial charge on any atom is 0.409 e. The summed E-state index contributed by atoms with van der Waals surface area (Å²) in [6.45, 7) is 0.667. The number of nitrogens with one attached hydrogen (secondary N) is 2. The molecule has 0 atom stereocenters. The minimum Gasteiger partial charge on any atom is -0.453 e. The number of carbonyl (C=O) groups excluding carboxylic acids is 3. The Kier molecular flexibility index (Phi) is 6.13. The molecule has 0 bridgehead atoms. The SMILES string of the molecule is CNC(=O)c1c(NC(=O)c2cccc(S(C)(=O)=O)c2)sc2c1CCN(C(=O)OC)C2. The number of fused-ring (bicyclic) bond motifs is 1. The second kappa shape index (κ2) is 8.44. The Labute approximate surface area is 177 Å². The fraction of sp³-hybridized carbons (Fsp3) is 0.316. The largest absolute Gasteiger partial charge is 0.453 e. The Balaban J connectivity index is 1.95. The highest BCUT2D eigenvalue weighted by Gasteiger charge is 2.30. The molecule has 0 spiro atoms. The van der Waals surface area contributed by atoms with E-state index in [0.29, 0.717) is 23.5 Å². The molecule has 0 fully saturated rings.